The van der Waals surface area contributed by atoms with Crippen LogP contribution in [0, 0.1) is 5.92 Å². The Kier molecular flexibility index (Phi) is 35.3. The quantitative estimate of drug-likeness (QED) is 0.0255. The topological polar surface area (TPSA) is 150 Å². The van der Waals surface area contributed by atoms with Crippen LogP contribution in [0.15, 0.2) is 72.9 Å². The summed E-state index contributed by atoms with van der Waals surface area (Å²) in [5.41, 5.74) is 0. The fourth-order valence-electron chi connectivity index (χ4n) is 6.84. The Morgan fingerprint density at radius 1 is 0.516 bits per heavy atom. The van der Waals surface area contributed by atoms with Crippen molar-refractivity contribution in [2.75, 3.05) is 19.8 Å². The smallest absolute Gasteiger partial charge is 0.306 e. The van der Waals surface area contributed by atoms with Crippen LogP contribution in [-0.4, -0.2) is 80.4 Å². The van der Waals surface area contributed by atoms with Crippen molar-refractivity contribution in [3.63, 3.8) is 0 Å². The Hall–Kier alpha value is -4.29. The van der Waals surface area contributed by atoms with Crippen molar-refractivity contribution in [1.82, 2.24) is 0 Å². The van der Waals surface area contributed by atoms with Gasteiger partial charge in [-0.1, -0.05) is 132 Å². The van der Waals surface area contributed by atoms with Crippen LogP contribution >= 0.6 is 0 Å². The largest absolute Gasteiger partial charge is 0.463 e. The zero-order chi connectivity index (χ0) is 47.0. The average molecular weight is 899 g/mol. The molecular formula is C52H82O12. The highest BCUT2D eigenvalue weighted by Crippen LogP contribution is 2.32. The first-order valence-corrected chi connectivity index (χ1v) is 24.0. The summed E-state index contributed by atoms with van der Waals surface area (Å²) < 4.78 is 39.9. The van der Waals surface area contributed by atoms with E-state index in [1.54, 1.807) is 6.92 Å². The molecule has 0 aromatic rings. The van der Waals surface area contributed by atoms with Crippen LogP contribution in [0.25, 0.3) is 0 Å². The minimum Gasteiger partial charge on any atom is -0.463 e. The lowest BCUT2D eigenvalue weighted by Crippen LogP contribution is -2.58. The van der Waals surface area contributed by atoms with E-state index < -0.39 is 66.5 Å². The van der Waals surface area contributed by atoms with E-state index in [4.69, 9.17) is 33.2 Å². The van der Waals surface area contributed by atoms with Crippen LogP contribution in [0.5, 0.6) is 0 Å². The molecule has 1 aliphatic rings. The highest BCUT2D eigenvalue weighted by molar-refractivity contribution is 5.70. The molecule has 0 N–H and O–H groups in total. The standard InChI is InChI=1S/C52H82O12/c1-7-9-11-13-15-17-19-21-23-25-27-29-31-33-35-37-48(56)59-39-46(63-49(57)38-36-34-32-30-28-26-24-22-20-18-16-14-12-10-8-2)40-60-52-51(62-45(6)55)50(61-44(5)54)42(3)47(64-52)41-58-43(4)53/h9-12,15-18,21-24,42,46-47,50-52H,7-8,13-14,19-20,25-41H2,1-6H3/b11-9-,12-10-,17-15-,18-16-,23-21-,24-22-/t42-,46-,47-,50+,51-,52-/m1/s1. The summed E-state index contributed by atoms with van der Waals surface area (Å²) in [6.45, 7) is 8.96. The van der Waals surface area contributed by atoms with Crippen molar-refractivity contribution in [1.29, 1.82) is 0 Å². The Morgan fingerprint density at radius 3 is 1.47 bits per heavy atom. The third-order valence-electron chi connectivity index (χ3n) is 10.3. The van der Waals surface area contributed by atoms with Gasteiger partial charge in [0.2, 0.25) is 0 Å². The number of unbranched alkanes of at least 4 members (excludes halogenated alkanes) is 10. The molecule has 0 aliphatic carbocycles. The van der Waals surface area contributed by atoms with Gasteiger partial charge in [0.15, 0.2) is 18.5 Å². The van der Waals surface area contributed by atoms with Crippen LogP contribution in [0.2, 0.25) is 0 Å². The number of hydrogen-bond donors (Lipinski definition) is 0. The lowest BCUT2D eigenvalue weighted by Gasteiger charge is -2.44. The molecule has 1 rings (SSSR count). The number of carbonyl (C=O) groups excluding carboxylic acids is 5. The second-order valence-electron chi connectivity index (χ2n) is 16.2. The second-order valence-corrected chi connectivity index (χ2v) is 16.2. The molecule has 1 saturated heterocycles. The summed E-state index contributed by atoms with van der Waals surface area (Å²) in [7, 11) is 0. The van der Waals surface area contributed by atoms with Crippen LogP contribution in [0.1, 0.15) is 170 Å². The first kappa shape index (κ1) is 57.7. The summed E-state index contributed by atoms with van der Waals surface area (Å²) in [5.74, 6) is -3.25. The molecule has 0 saturated carbocycles. The number of allylic oxidation sites excluding steroid dienone is 12. The van der Waals surface area contributed by atoms with Gasteiger partial charge in [-0.3, -0.25) is 24.0 Å². The predicted molar refractivity (Wildman–Crippen MR) is 251 cm³/mol. The van der Waals surface area contributed by atoms with Gasteiger partial charge >= 0.3 is 29.8 Å². The molecule has 362 valence electrons. The van der Waals surface area contributed by atoms with Gasteiger partial charge in [-0.05, 0) is 77.0 Å². The van der Waals surface area contributed by atoms with Crippen LogP contribution in [-0.2, 0) is 57.1 Å². The second kappa shape index (κ2) is 39.1. The Bertz CT molecular complexity index is 1460. The monoisotopic (exact) mass is 899 g/mol. The molecule has 0 aromatic carbocycles. The van der Waals surface area contributed by atoms with E-state index in [0.29, 0.717) is 12.8 Å². The summed E-state index contributed by atoms with van der Waals surface area (Å²) >= 11 is 0. The van der Waals surface area contributed by atoms with Crippen LogP contribution in [0.3, 0.4) is 0 Å². The molecule has 1 heterocycles. The fraction of sp³-hybridized carbons (Fsp3) is 0.673. The number of esters is 5. The Morgan fingerprint density at radius 2 is 0.969 bits per heavy atom. The van der Waals surface area contributed by atoms with Crippen molar-refractivity contribution in [3.05, 3.63) is 72.9 Å². The third kappa shape index (κ3) is 31.5. The molecule has 0 unspecified atom stereocenters. The normalized spacial score (nSPS) is 19.6. The molecule has 0 aromatic heterocycles. The maximum absolute atomic E-state index is 13.1. The lowest BCUT2D eigenvalue weighted by molar-refractivity contribution is -0.299. The summed E-state index contributed by atoms with van der Waals surface area (Å²) in [6, 6.07) is 0. The molecule has 0 bridgehead atoms. The maximum atomic E-state index is 13.1. The molecule has 6 atom stereocenters. The van der Waals surface area contributed by atoms with Crippen LogP contribution in [0.4, 0.5) is 0 Å². The highest BCUT2D eigenvalue weighted by atomic mass is 16.7. The lowest BCUT2D eigenvalue weighted by atomic mass is 9.90. The molecule has 1 aliphatic heterocycles. The number of hydrogen-bond acceptors (Lipinski definition) is 12. The minimum absolute atomic E-state index is 0.171. The zero-order valence-corrected chi connectivity index (χ0v) is 40.1. The summed E-state index contributed by atoms with van der Waals surface area (Å²) in [6.07, 6.45) is 38.8. The summed E-state index contributed by atoms with van der Waals surface area (Å²) in [5, 5.41) is 0. The molecule has 0 amide bonds. The molecule has 64 heavy (non-hydrogen) atoms. The first-order chi connectivity index (χ1) is 31.0. The van der Waals surface area contributed by atoms with E-state index in [2.05, 4.69) is 86.8 Å². The third-order valence-corrected chi connectivity index (χ3v) is 10.3. The molecule has 0 spiro atoms. The number of rotatable bonds is 36. The van der Waals surface area contributed by atoms with Crippen molar-refractivity contribution in [3.8, 4) is 0 Å². The Labute approximate surface area is 385 Å². The Balaban J connectivity index is 2.75. The van der Waals surface area contributed by atoms with Gasteiger partial charge in [0.25, 0.3) is 0 Å². The maximum Gasteiger partial charge on any atom is 0.306 e. The van der Waals surface area contributed by atoms with E-state index in [1.165, 1.54) is 20.8 Å². The van der Waals surface area contributed by atoms with Gasteiger partial charge in [-0.2, -0.15) is 0 Å². The van der Waals surface area contributed by atoms with E-state index in [1.807, 2.05) is 0 Å². The molecule has 1 fully saturated rings. The first-order valence-electron chi connectivity index (χ1n) is 24.0. The SMILES string of the molecule is CC/C=C\C/C=C\C/C=C\CCCCCCCC(=O)OC[C@H](CO[C@@H]1O[C@H](COC(C)=O)[C@@H](C)[C@H](OC(C)=O)[C@H]1OC(C)=O)OC(=O)CCCCCCC/C=C\C/C=C\C/C=C\CC. The molecule has 12 heteroatoms. The number of carbonyl (C=O) groups is 5. The van der Waals surface area contributed by atoms with Gasteiger partial charge in [0, 0.05) is 39.5 Å². The fourth-order valence-corrected chi connectivity index (χ4v) is 6.84. The van der Waals surface area contributed by atoms with Crippen molar-refractivity contribution >= 4 is 29.8 Å². The number of ether oxygens (including phenoxy) is 7. The van der Waals surface area contributed by atoms with Gasteiger partial charge in [-0.25, -0.2) is 0 Å². The van der Waals surface area contributed by atoms with E-state index >= 15 is 0 Å². The molecular weight excluding hydrogens is 817 g/mol. The van der Waals surface area contributed by atoms with Crippen molar-refractivity contribution in [2.45, 2.75) is 201 Å². The van der Waals surface area contributed by atoms with Gasteiger partial charge in [-0.15, -0.1) is 0 Å². The average Bonchev–Trinajstić information content (AvgIpc) is 3.25. The highest BCUT2D eigenvalue weighted by Gasteiger charge is 2.49. The summed E-state index contributed by atoms with van der Waals surface area (Å²) in [4.78, 5) is 61.9. The van der Waals surface area contributed by atoms with E-state index in [9.17, 15) is 24.0 Å². The van der Waals surface area contributed by atoms with Crippen molar-refractivity contribution in [2.24, 2.45) is 5.92 Å². The van der Waals surface area contributed by atoms with Gasteiger partial charge in [0.05, 0.1) is 6.61 Å². The minimum atomic E-state index is -1.30. The van der Waals surface area contributed by atoms with Gasteiger partial charge in [0.1, 0.15) is 25.4 Å². The van der Waals surface area contributed by atoms with Crippen molar-refractivity contribution < 1.29 is 57.1 Å². The predicted octanol–water partition coefficient (Wildman–Crippen LogP) is 11.4. The zero-order valence-electron chi connectivity index (χ0n) is 40.1. The van der Waals surface area contributed by atoms with Crippen LogP contribution < -0.4 is 0 Å². The van der Waals surface area contributed by atoms with Gasteiger partial charge < -0.3 is 33.2 Å². The molecule has 12 nitrogen and oxygen atoms in total. The molecule has 0 radical (unpaired) electrons. The van der Waals surface area contributed by atoms with E-state index in [-0.39, 0.29) is 32.7 Å². The van der Waals surface area contributed by atoms with E-state index in [0.717, 1.165) is 103 Å².